The number of hydrogen-bond acceptors (Lipinski definition) is 3. The van der Waals surface area contributed by atoms with Gasteiger partial charge in [-0.15, -0.1) is 0 Å². The van der Waals surface area contributed by atoms with Crippen LogP contribution in [0.3, 0.4) is 0 Å². The van der Waals surface area contributed by atoms with Crippen LogP contribution in [0.1, 0.15) is 17.1 Å². The van der Waals surface area contributed by atoms with E-state index in [-0.39, 0.29) is 12.4 Å². The molecule has 108 valence electrons. The van der Waals surface area contributed by atoms with Crippen LogP contribution in [-0.2, 0) is 6.61 Å². The summed E-state index contributed by atoms with van der Waals surface area (Å²) in [6.45, 7) is 4.11. The number of halogens is 2. The molecule has 0 aliphatic carbocycles. The number of benzene rings is 1. The van der Waals surface area contributed by atoms with Gasteiger partial charge in [-0.3, -0.25) is 4.40 Å². The van der Waals surface area contributed by atoms with Gasteiger partial charge in [-0.1, -0.05) is 15.9 Å². The fourth-order valence-electron chi connectivity index (χ4n) is 2.13. The van der Waals surface area contributed by atoms with Gasteiger partial charge in [-0.2, -0.15) is 0 Å². The molecule has 2 aromatic heterocycles. The molecule has 0 saturated carbocycles. The van der Waals surface area contributed by atoms with Crippen LogP contribution in [0.5, 0.6) is 5.75 Å². The van der Waals surface area contributed by atoms with Crippen LogP contribution in [0.4, 0.5) is 4.39 Å². The van der Waals surface area contributed by atoms with Gasteiger partial charge >= 0.3 is 0 Å². The van der Waals surface area contributed by atoms with Gasteiger partial charge in [0.05, 0.1) is 5.69 Å². The Morgan fingerprint density at radius 1 is 1.24 bits per heavy atom. The Bertz CT molecular complexity index is 816. The summed E-state index contributed by atoms with van der Waals surface area (Å²) < 4.78 is 21.7. The second-order valence-corrected chi connectivity index (χ2v) is 5.72. The monoisotopic (exact) mass is 349 g/mol. The maximum atomic E-state index is 13.7. The minimum atomic E-state index is -0.404. The number of ether oxygens (including phenoxy) is 1. The lowest BCUT2D eigenvalue weighted by Gasteiger charge is -2.05. The molecule has 3 aromatic rings. The van der Waals surface area contributed by atoms with Crippen molar-refractivity contribution < 1.29 is 9.13 Å². The van der Waals surface area contributed by atoms with E-state index in [1.807, 2.05) is 30.5 Å². The Balaban J connectivity index is 1.83. The van der Waals surface area contributed by atoms with Crippen molar-refractivity contribution in [2.45, 2.75) is 20.5 Å². The minimum absolute atomic E-state index is 0.195. The summed E-state index contributed by atoms with van der Waals surface area (Å²) in [5.74, 6) is 0.428. The van der Waals surface area contributed by atoms with Gasteiger partial charge in [-0.05, 0) is 38.1 Å². The van der Waals surface area contributed by atoms with Crippen molar-refractivity contribution in [3.8, 4) is 5.75 Å². The number of hydrogen-bond donors (Lipinski definition) is 0. The van der Waals surface area contributed by atoms with Gasteiger partial charge < -0.3 is 4.74 Å². The third-order valence-corrected chi connectivity index (χ3v) is 3.57. The van der Waals surface area contributed by atoms with E-state index in [0.717, 1.165) is 11.4 Å². The number of rotatable bonds is 3. The van der Waals surface area contributed by atoms with Crippen LogP contribution in [0.15, 0.2) is 34.9 Å². The van der Waals surface area contributed by atoms with E-state index in [1.165, 1.54) is 6.07 Å². The van der Waals surface area contributed by atoms with E-state index >= 15 is 0 Å². The second-order valence-electron chi connectivity index (χ2n) is 4.80. The number of nitrogens with zero attached hydrogens (tertiary/aromatic N) is 3. The predicted molar refractivity (Wildman–Crippen MR) is 80.9 cm³/mol. The first-order valence-electron chi connectivity index (χ1n) is 6.43. The molecule has 3 rings (SSSR count). The van der Waals surface area contributed by atoms with E-state index in [4.69, 9.17) is 4.74 Å². The van der Waals surface area contributed by atoms with Crippen molar-refractivity contribution in [1.29, 1.82) is 0 Å². The summed E-state index contributed by atoms with van der Waals surface area (Å²) in [4.78, 5) is 8.75. The lowest BCUT2D eigenvalue weighted by molar-refractivity contribution is 0.286. The number of imidazole rings is 1. The molecular formula is C15H13BrFN3O. The van der Waals surface area contributed by atoms with Gasteiger partial charge in [-0.25, -0.2) is 14.4 Å². The summed E-state index contributed by atoms with van der Waals surface area (Å²) >= 11 is 3.21. The molecule has 0 N–H and O–H groups in total. The van der Waals surface area contributed by atoms with Crippen molar-refractivity contribution in [3.63, 3.8) is 0 Å². The highest BCUT2D eigenvalue weighted by Gasteiger charge is 2.08. The van der Waals surface area contributed by atoms with E-state index in [2.05, 4.69) is 25.9 Å². The lowest BCUT2D eigenvalue weighted by Crippen LogP contribution is -1.97. The fourth-order valence-corrected chi connectivity index (χ4v) is 2.46. The van der Waals surface area contributed by atoms with Gasteiger partial charge in [0.2, 0.25) is 5.78 Å². The van der Waals surface area contributed by atoms with Crippen molar-refractivity contribution in [3.05, 3.63) is 57.8 Å². The largest absolute Gasteiger partial charge is 0.484 e. The maximum absolute atomic E-state index is 13.7. The van der Waals surface area contributed by atoms with Crippen LogP contribution in [-0.4, -0.2) is 14.4 Å². The molecule has 0 saturated heterocycles. The van der Waals surface area contributed by atoms with Crippen molar-refractivity contribution in [2.24, 2.45) is 0 Å². The topological polar surface area (TPSA) is 39.4 Å². The van der Waals surface area contributed by atoms with Crippen LogP contribution in [0, 0.1) is 19.7 Å². The highest BCUT2D eigenvalue weighted by molar-refractivity contribution is 9.10. The zero-order valence-electron chi connectivity index (χ0n) is 11.6. The molecule has 0 aliphatic rings. The second kappa shape index (κ2) is 5.44. The highest BCUT2D eigenvalue weighted by atomic mass is 79.9. The third kappa shape index (κ3) is 2.90. The predicted octanol–water partition coefficient (Wildman–Crippen LogP) is 3.83. The Kier molecular flexibility index (Phi) is 3.63. The summed E-state index contributed by atoms with van der Waals surface area (Å²) in [5.41, 5.74) is 2.67. The zero-order chi connectivity index (χ0) is 15.0. The summed E-state index contributed by atoms with van der Waals surface area (Å²) in [7, 11) is 0. The van der Waals surface area contributed by atoms with E-state index in [0.29, 0.717) is 15.9 Å². The first-order chi connectivity index (χ1) is 10.0. The number of aryl methyl sites for hydroxylation is 2. The Morgan fingerprint density at radius 2 is 2.05 bits per heavy atom. The Hall–Kier alpha value is -1.95. The molecule has 0 atom stereocenters. The zero-order valence-corrected chi connectivity index (χ0v) is 13.2. The summed E-state index contributed by atoms with van der Waals surface area (Å²) in [6.07, 6.45) is 1.86. The Morgan fingerprint density at radius 3 is 2.81 bits per heavy atom. The van der Waals surface area contributed by atoms with Crippen molar-refractivity contribution in [1.82, 2.24) is 14.4 Å². The SMILES string of the molecule is Cc1cc(C)n2cc(COc3ccc(Br)cc3F)nc2n1. The molecule has 0 aliphatic heterocycles. The number of aromatic nitrogens is 3. The molecule has 1 aromatic carbocycles. The van der Waals surface area contributed by atoms with Crippen LogP contribution in [0.25, 0.3) is 5.78 Å². The molecule has 0 bridgehead atoms. The molecule has 0 unspecified atom stereocenters. The normalized spacial score (nSPS) is 11.0. The van der Waals surface area contributed by atoms with E-state index in [1.54, 1.807) is 12.1 Å². The molecule has 4 nitrogen and oxygen atoms in total. The first-order valence-corrected chi connectivity index (χ1v) is 7.22. The third-order valence-electron chi connectivity index (χ3n) is 3.08. The minimum Gasteiger partial charge on any atom is -0.484 e. The van der Waals surface area contributed by atoms with Crippen LogP contribution in [0.2, 0.25) is 0 Å². The smallest absolute Gasteiger partial charge is 0.234 e. The maximum Gasteiger partial charge on any atom is 0.234 e. The summed E-state index contributed by atoms with van der Waals surface area (Å²) in [6, 6.07) is 6.67. The molecule has 6 heteroatoms. The van der Waals surface area contributed by atoms with Crippen LogP contribution >= 0.6 is 15.9 Å². The Labute approximate surface area is 129 Å². The standard InChI is InChI=1S/C15H13BrFN3O/c1-9-5-10(2)20-7-12(19-15(20)18-9)8-21-14-4-3-11(16)6-13(14)17/h3-7H,8H2,1-2H3. The summed E-state index contributed by atoms with van der Waals surface area (Å²) in [5, 5.41) is 0. The first kappa shape index (κ1) is 14.0. The van der Waals surface area contributed by atoms with Gasteiger partial charge in [0.15, 0.2) is 11.6 Å². The molecule has 21 heavy (non-hydrogen) atoms. The van der Waals surface area contributed by atoms with E-state index in [9.17, 15) is 4.39 Å². The van der Waals surface area contributed by atoms with E-state index < -0.39 is 5.82 Å². The fraction of sp³-hybridized carbons (Fsp3) is 0.200. The van der Waals surface area contributed by atoms with Crippen molar-refractivity contribution >= 4 is 21.7 Å². The average molecular weight is 350 g/mol. The molecule has 0 fully saturated rings. The highest BCUT2D eigenvalue weighted by Crippen LogP contribution is 2.22. The molecule has 0 amide bonds. The van der Waals surface area contributed by atoms with Gasteiger partial charge in [0.1, 0.15) is 6.61 Å². The molecule has 0 spiro atoms. The van der Waals surface area contributed by atoms with Crippen LogP contribution < -0.4 is 4.74 Å². The average Bonchev–Trinajstić information content (AvgIpc) is 2.81. The molecular weight excluding hydrogens is 337 g/mol. The van der Waals surface area contributed by atoms with Crippen molar-refractivity contribution in [2.75, 3.05) is 0 Å². The van der Waals surface area contributed by atoms with Gasteiger partial charge in [0.25, 0.3) is 0 Å². The quantitative estimate of drug-likeness (QED) is 0.721. The molecule has 2 heterocycles. The van der Waals surface area contributed by atoms with Gasteiger partial charge in [0, 0.05) is 22.1 Å². The lowest BCUT2D eigenvalue weighted by atomic mass is 10.3. The number of fused-ring (bicyclic) bond motifs is 1. The molecule has 0 radical (unpaired) electrons.